The Morgan fingerprint density at radius 3 is 2.36 bits per heavy atom. The van der Waals surface area contributed by atoms with Crippen LogP contribution in [0.25, 0.3) is 0 Å². The van der Waals surface area contributed by atoms with Crippen LogP contribution in [0.15, 0.2) is 41.6 Å². The van der Waals surface area contributed by atoms with E-state index in [1.807, 2.05) is 26.0 Å². The molecule has 0 fully saturated rings. The number of imidazole rings is 1. The van der Waals surface area contributed by atoms with E-state index >= 15 is 0 Å². The summed E-state index contributed by atoms with van der Waals surface area (Å²) in [4.78, 5) is 7.49. The molecule has 0 aliphatic rings. The molecule has 0 unspecified atom stereocenters. The number of rotatable bonds is 8. The molecule has 0 aliphatic carbocycles. The first-order chi connectivity index (χ1) is 10.6. The second-order valence-electron chi connectivity index (χ2n) is 4.87. The second-order valence-corrected chi connectivity index (χ2v) is 6.81. The molecule has 0 amide bonds. The lowest BCUT2D eigenvalue weighted by Crippen LogP contribution is -2.30. The molecular formula is C15H22N4O2S. The van der Waals surface area contributed by atoms with E-state index in [4.69, 9.17) is 0 Å². The number of nitrogens with zero attached hydrogens (tertiary/aromatic N) is 2. The summed E-state index contributed by atoms with van der Waals surface area (Å²) >= 11 is 0. The molecule has 0 saturated heterocycles. The molecule has 0 spiro atoms. The SMILES string of the molecule is CCN(CC)S(=O)(=O)c1ccc(CNCc2ncc[nH]2)cc1. The highest BCUT2D eigenvalue weighted by Crippen LogP contribution is 2.16. The Morgan fingerprint density at radius 1 is 1.14 bits per heavy atom. The first kappa shape index (κ1) is 16.7. The Hall–Kier alpha value is -1.70. The van der Waals surface area contributed by atoms with Crippen molar-refractivity contribution in [3.8, 4) is 0 Å². The van der Waals surface area contributed by atoms with Crippen LogP contribution in [0, 0.1) is 0 Å². The standard InChI is InChI=1S/C15H22N4O2S/c1-3-19(4-2)22(20,21)14-7-5-13(6-8-14)11-16-12-15-17-9-10-18-15/h5-10,16H,3-4,11-12H2,1-2H3,(H,17,18). The number of aromatic amines is 1. The van der Waals surface area contributed by atoms with Crippen LogP contribution < -0.4 is 5.32 Å². The van der Waals surface area contributed by atoms with Crippen molar-refractivity contribution < 1.29 is 8.42 Å². The van der Waals surface area contributed by atoms with Crippen LogP contribution in [0.5, 0.6) is 0 Å². The molecule has 0 aliphatic heterocycles. The first-order valence-corrected chi connectivity index (χ1v) is 8.80. The molecule has 2 aromatic rings. The fourth-order valence-electron chi connectivity index (χ4n) is 2.21. The third-order valence-corrected chi connectivity index (χ3v) is 5.51. The summed E-state index contributed by atoms with van der Waals surface area (Å²) in [6.07, 6.45) is 3.49. The van der Waals surface area contributed by atoms with Gasteiger partial charge in [0.15, 0.2) is 0 Å². The van der Waals surface area contributed by atoms with Gasteiger partial charge < -0.3 is 10.3 Å². The molecule has 2 rings (SSSR count). The fourth-order valence-corrected chi connectivity index (χ4v) is 3.67. The molecule has 22 heavy (non-hydrogen) atoms. The van der Waals surface area contributed by atoms with Crippen LogP contribution in [0.3, 0.4) is 0 Å². The zero-order valence-corrected chi connectivity index (χ0v) is 13.7. The highest BCUT2D eigenvalue weighted by Gasteiger charge is 2.20. The van der Waals surface area contributed by atoms with Crippen LogP contribution in [0.4, 0.5) is 0 Å². The lowest BCUT2D eigenvalue weighted by Gasteiger charge is -2.18. The number of nitrogens with one attached hydrogen (secondary N) is 2. The van der Waals surface area contributed by atoms with Gasteiger partial charge in [-0.2, -0.15) is 4.31 Å². The maximum absolute atomic E-state index is 12.4. The molecule has 1 heterocycles. The van der Waals surface area contributed by atoms with Crippen molar-refractivity contribution in [2.75, 3.05) is 13.1 Å². The van der Waals surface area contributed by atoms with E-state index in [9.17, 15) is 8.42 Å². The molecule has 1 aromatic heterocycles. The number of sulfonamides is 1. The molecule has 1 aromatic carbocycles. The molecular weight excluding hydrogens is 300 g/mol. The third-order valence-electron chi connectivity index (χ3n) is 3.44. The average Bonchev–Trinajstić information content (AvgIpc) is 3.02. The largest absolute Gasteiger partial charge is 0.348 e. The van der Waals surface area contributed by atoms with Crippen LogP contribution in [-0.4, -0.2) is 35.8 Å². The van der Waals surface area contributed by atoms with Gasteiger partial charge >= 0.3 is 0 Å². The first-order valence-electron chi connectivity index (χ1n) is 7.36. The smallest absolute Gasteiger partial charge is 0.243 e. The van der Waals surface area contributed by atoms with Crippen molar-refractivity contribution in [3.63, 3.8) is 0 Å². The lowest BCUT2D eigenvalue weighted by molar-refractivity contribution is 0.445. The maximum atomic E-state index is 12.4. The Bertz CT molecular complexity index is 662. The molecule has 0 bridgehead atoms. The van der Waals surface area contributed by atoms with Gasteiger partial charge in [-0.25, -0.2) is 13.4 Å². The minimum absolute atomic E-state index is 0.339. The van der Waals surface area contributed by atoms with Gasteiger partial charge in [0.05, 0.1) is 11.4 Å². The predicted octanol–water partition coefficient (Wildman–Crippen LogP) is 1.73. The molecule has 0 atom stereocenters. The maximum Gasteiger partial charge on any atom is 0.243 e. The minimum Gasteiger partial charge on any atom is -0.348 e. The topological polar surface area (TPSA) is 78.1 Å². The normalized spacial score (nSPS) is 12.0. The number of aromatic nitrogens is 2. The van der Waals surface area contributed by atoms with E-state index in [1.165, 1.54) is 4.31 Å². The van der Waals surface area contributed by atoms with Gasteiger partial charge in [-0.3, -0.25) is 0 Å². The molecule has 0 radical (unpaired) electrons. The van der Waals surface area contributed by atoms with E-state index in [-0.39, 0.29) is 0 Å². The van der Waals surface area contributed by atoms with Crippen LogP contribution in [0.1, 0.15) is 25.2 Å². The molecule has 6 nitrogen and oxygen atoms in total. The summed E-state index contributed by atoms with van der Waals surface area (Å²) in [5.41, 5.74) is 1.03. The van der Waals surface area contributed by atoms with Gasteiger partial charge in [0.1, 0.15) is 5.82 Å². The van der Waals surface area contributed by atoms with E-state index in [0.29, 0.717) is 31.1 Å². The van der Waals surface area contributed by atoms with Gasteiger partial charge in [0, 0.05) is 32.0 Å². The van der Waals surface area contributed by atoms with Gasteiger partial charge in [-0.1, -0.05) is 26.0 Å². The Morgan fingerprint density at radius 2 is 1.82 bits per heavy atom. The molecule has 0 saturated carbocycles. The fraction of sp³-hybridized carbons (Fsp3) is 0.400. The summed E-state index contributed by atoms with van der Waals surface area (Å²) in [5, 5.41) is 3.25. The summed E-state index contributed by atoms with van der Waals surface area (Å²) in [5.74, 6) is 0.876. The highest BCUT2D eigenvalue weighted by atomic mass is 32.2. The lowest BCUT2D eigenvalue weighted by atomic mass is 10.2. The number of H-pyrrole nitrogens is 1. The van der Waals surface area contributed by atoms with E-state index < -0.39 is 10.0 Å². The minimum atomic E-state index is -3.38. The second kappa shape index (κ2) is 7.53. The van der Waals surface area contributed by atoms with Crippen molar-refractivity contribution in [2.45, 2.75) is 31.8 Å². The van der Waals surface area contributed by atoms with E-state index in [1.54, 1.807) is 24.5 Å². The summed E-state index contributed by atoms with van der Waals surface area (Å²) in [6, 6.07) is 7.01. The Kier molecular flexibility index (Phi) is 5.70. The molecule has 120 valence electrons. The molecule has 7 heteroatoms. The Labute approximate surface area is 131 Å². The monoisotopic (exact) mass is 322 g/mol. The van der Waals surface area contributed by atoms with E-state index in [0.717, 1.165) is 11.4 Å². The highest BCUT2D eigenvalue weighted by molar-refractivity contribution is 7.89. The van der Waals surface area contributed by atoms with Crippen molar-refractivity contribution >= 4 is 10.0 Å². The average molecular weight is 322 g/mol. The zero-order chi connectivity index (χ0) is 16.0. The van der Waals surface area contributed by atoms with Crippen LogP contribution >= 0.6 is 0 Å². The summed E-state index contributed by atoms with van der Waals surface area (Å²) in [7, 11) is -3.38. The summed E-state index contributed by atoms with van der Waals surface area (Å²) in [6.45, 7) is 5.94. The van der Waals surface area contributed by atoms with Gasteiger partial charge in [-0.05, 0) is 17.7 Å². The van der Waals surface area contributed by atoms with Crippen molar-refractivity contribution in [3.05, 3.63) is 48.0 Å². The van der Waals surface area contributed by atoms with Crippen LogP contribution in [-0.2, 0) is 23.1 Å². The predicted molar refractivity (Wildman–Crippen MR) is 85.7 cm³/mol. The van der Waals surface area contributed by atoms with E-state index in [2.05, 4.69) is 15.3 Å². The van der Waals surface area contributed by atoms with Gasteiger partial charge in [0.25, 0.3) is 0 Å². The van der Waals surface area contributed by atoms with Crippen molar-refractivity contribution in [1.82, 2.24) is 19.6 Å². The quantitative estimate of drug-likeness (QED) is 0.776. The zero-order valence-electron chi connectivity index (χ0n) is 12.9. The van der Waals surface area contributed by atoms with Crippen molar-refractivity contribution in [1.29, 1.82) is 0 Å². The molecule has 2 N–H and O–H groups in total. The van der Waals surface area contributed by atoms with Crippen molar-refractivity contribution in [2.24, 2.45) is 0 Å². The number of hydrogen-bond donors (Lipinski definition) is 2. The van der Waals surface area contributed by atoms with Gasteiger partial charge in [0.2, 0.25) is 10.0 Å². The number of benzene rings is 1. The van der Waals surface area contributed by atoms with Crippen LogP contribution in [0.2, 0.25) is 0 Å². The third kappa shape index (κ3) is 3.94. The summed E-state index contributed by atoms with van der Waals surface area (Å²) < 4.78 is 26.2. The van der Waals surface area contributed by atoms with Gasteiger partial charge in [-0.15, -0.1) is 0 Å². The number of hydrogen-bond acceptors (Lipinski definition) is 4. The Balaban J connectivity index is 1.98.